The van der Waals surface area contributed by atoms with Crippen LogP contribution in [0.1, 0.15) is 233 Å². The van der Waals surface area contributed by atoms with Gasteiger partial charge in [-0.3, -0.25) is 0 Å². The lowest BCUT2D eigenvalue weighted by Gasteiger charge is -2.40. The highest BCUT2D eigenvalue weighted by molar-refractivity contribution is 4.56. The van der Waals surface area contributed by atoms with E-state index < -0.39 is 0 Å². The Bertz CT molecular complexity index is 389. The number of unbranched alkanes of at least 4 members (excludes halogenated alkanes) is 28. The first kappa shape index (κ1) is 51.7. The van der Waals surface area contributed by atoms with Crippen molar-refractivity contribution in [2.24, 2.45) is 0 Å². The van der Waals surface area contributed by atoms with Crippen molar-refractivity contribution in [1.29, 1.82) is 0 Å². The van der Waals surface area contributed by atoms with Gasteiger partial charge in [-0.2, -0.15) is 0 Å². The molecule has 0 saturated carbocycles. The Kier molecular flexibility index (Phi) is 51.6. The summed E-state index contributed by atoms with van der Waals surface area (Å²) >= 11 is 0. The van der Waals surface area contributed by atoms with Crippen molar-refractivity contribution in [3.63, 3.8) is 0 Å². The lowest BCUT2D eigenvalue weighted by Crippen LogP contribution is -3.00. The molecule has 0 saturated heterocycles. The fourth-order valence-electron chi connectivity index (χ4n) is 7.00. The van der Waals surface area contributed by atoms with E-state index in [2.05, 4.69) is 27.7 Å². The van der Waals surface area contributed by atoms with Crippen molar-refractivity contribution >= 4 is 0 Å². The maximum Gasteiger partial charge on any atom is 0.0786 e. The van der Waals surface area contributed by atoms with Gasteiger partial charge in [-0.25, -0.2) is 0 Å². The molecule has 0 radical (unpaired) electrons. The predicted molar refractivity (Wildman–Crippen MR) is 196 cm³/mol. The largest absolute Gasteiger partial charge is 1.00 e. The summed E-state index contributed by atoms with van der Waals surface area (Å²) in [6.07, 6.45) is 46.7. The van der Waals surface area contributed by atoms with E-state index in [1.807, 2.05) is 0 Å². The highest BCUT2D eigenvalue weighted by atomic mass is 79.9. The smallest absolute Gasteiger partial charge is 0.0786 e. The zero-order valence-electron chi connectivity index (χ0n) is 31.7. The zero-order chi connectivity index (χ0) is 30.0. The fraction of sp³-hybridized carbons (Fsp3) is 1.00. The molecule has 0 fully saturated rings. The summed E-state index contributed by atoms with van der Waals surface area (Å²) in [5.74, 6) is 0. The Morgan fingerprint density at radius 3 is 0.523 bits per heavy atom. The van der Waals surface area contributed by atoms with Crippen LogP contribution in [0.2, 0.25) is 0 Å². The summed E-state index contributed by atoms with van der Waals surface area (Å²) in [5.41, 5.74) is 0. The Labute approximate surface area is 302 Å². The van der Waals surface area contributed by atoms with Crippen LogP contribution in [0.4, 0.5) is 0 Å². The molecule has 0 bridgehead atoms. The first-order valence-corrected chi connectivity index (χ1v) is 20.1. The van der Waals surface area contributed by atoms with E-state index in [4.69, 9.17) is 0 Å². The highest BCUT2D eigenvalue weighted by Gasteiger charge is 2.25. The molecule has 0 aliphatic heterocycles. The van der Waals surface area contributed by atoms with Crippen LogP contribution in [0.25, 0.3) is 0 Å². The van der Waals surface area contributed by atoms with Crippen molar-refractivity contribution in [2.45, 2.75) is 233 Å². The summed E-state index contributed by atoms with van der Waals surface area (Å²) < 4.78 is 1.48. The quantitative estimate of drug-likeness (QED) is 0.0491. The second kappa shape index (κ2) is 43.9. The van der Waals surface area contributed by atoms with Gasteiger partial charge in [0, 0.05) is 0 Å². The van der Waals surface area contributed by atoms with E-state index in [0.29, 0.717) is 0 Å². The minimum atomic E-state index is 0. The lowest BCUT2D eigenvalue weighted by atomic mass is 10.0. The maximum atomic E-state index is 2.34. The second-order valence-electron chi connectivity index (χ2n) is 14.1. The monoisotopic (exact) mass is 755 g/mol. The Morgan fingerprint density at radius 2 is 0.364 bits per heavy atom. The predicted octanol–water partition coefficient (Wildman–Crippen LogP) is 8.75. The van der Waals surface area contributed by atoms with Crippen LogP contribution in [-0.4, -0.2) is 30.7 Å². The molecule has 0 heterocycles. The Morgan fingerprint density at radius 1 is 0.227 bits per heavy atom. The molecule has 0 aliphatic rings. The molecule has 2 nitrogen and oxygen atoms in total. The average Bonchev–Trinajstić information content (AvgIpc) is 2.98. The van der Waals surface area contributed by atoms with E-state index in [0.717, 1.165) is 0 Å². The van der Waals surface area contributed by atoms with Crippen LogP contribution in [-0.2, 0) is 0 Å². The van der Waals surface area contributed by atoms with Gasteiger partial charge in [-0.15, -0.1) is 0 Å². The third-order valence-corrected chi connectivity index (χ3v) is 9.94. The van der Waals surface area contributed by atoms with E-state index in [1.165, 1.54) is 236 Å². The molecular formula is C40H88Br2N2. The molecule has 0 aromatic carbocycles. The van der Waals surface area contributed by atoms with Crippen molar-refractivity contribution in [1.82, 2.24) is 6.15 Å². The van der Waals surface area contributed by atoms with E-state index >= 15 is 0 Å². The van der Waals surface area contributed by atoms with Crippen molar-refractivity contribution in [3.05, 3.63) is 0 Å². The van der Waals surface area contributed by atoms with E-state index in [1.54, 1.807) is 0 Å². The van der Waals surface area contributed by atoms with Gasteiger partial charge >= 0.3 is 0 Å². The van der Waals surface area contributed by atoms with Gasteiger partial charge in [0.15, 0.2) is 0 Å². The normalized spacial score (nSPS) is 11.2. The molecule has 4 N–H and O–H groups in total. The molecule has 0 rings (SSSR count). The Hall–Kier alpha value is 0.880. The fourth-order valence-corrected chi connectivity index (χ4v) is 7.00. The number of hydrogen-bond donors (Lipinski definition) is 1. The summed E-state index contributed by atoms with van der Waals surface area (Å²) in [7, 11) is 0. The standard InChI is InChI=1S/C40H84N.2BrH.H3N/c1-5-9-13-17-21-25-29-33-37-41(38-34-30-26-22-18-14-10-6-2,39-35-31-27-23-19-15-11-7-3)40-36-32-28-24-20-16-12-8-4;;;/h5-40H2,1-4H3;2*1H;1H3/q+1;;;/p-1. The van der Waals surface area contributed by atoms with Gasteiger partial charge in [0.25, 0.3) is 0 Å². The summed E-state index contributed by atoms with van der Waals surface area (Å²) in [6, 6.07) is 0. The number of rotatable bonds is 36. The molecule has 44 heavy (non-hydrogen) atoms. The van der Waals surface area contributed by atoms with Crippen molar-refractivity contribution in [3.8, 4) is 0 Å². The third-order valence-electron chi connectivity index (χ3n) is 9.94. The molecule has 0 unspecified atom stereocenters. The number of hydrogen-bond acceptors (Lipinski definition) is 0. The Balaban J connectivity index is -0.00000267. The molecule has 0 amide bonds. The first-order valence-electron chi connectivity index (χ1n) is 20.1. The topological polar surface area (TPSA) is 36.5 Å². The van der Waals surface area contributed by atoms with Gasteiger partial charge in [-0.1, -0.05) is 182 Å². The molecule has 0 atom stereocenters. The van der Waals surface area contributed by atoms with Gasteiger partial charge in [-0.05, 0) is 51.4 Å². The third kappa shape index (κ3) is 37.3. The number of halogens is 2. The highest BCUT2D eigenvalue weighted by Crippen LogP contribution is 2.21. The summed E-state index contributed by atoms with van der Waals surface area (Å²) in [6.45, 7) is 15.3. The zero-order valence-corrected chi connectivity index (χ0v) is 34.8. The minimum Gasteiger partial charge on any atom is -1.00 e. The molecule has 0 aromatic heterocycles. The first-order chi connectivity index (χ1) is 20.2. The summed E-state index contributed by atoms with van der Waals surface area (Å²) in [5, 5.41) is 0. The molecule has 4 heteroatoms. The van der Waals surface area contributed by atoms with Gasteiger partial charge < -0.3 is 44.6 Å². The summed E-state index contributed by atoms with van der Waals surface area (Å²) in [4.78, 5) is 0. The van der Waals surface area contributed by atoms with Crippen molar-refractivity contribution in [2.75, 3.05) is 26.2 Å². The van der Waals surface area contributed by atoms with E-state index in [9.17, 15) is 0 Å². The molecule has 0 aliphatic carbocycles. The van der Waals surface area contributed by atoms with Gasteiger partial charge in [0.1, 0.15) is 0 Å². The second-order valence-corrected chi connectivity index (χ2v) is 14.1. The SMILES string of the molecule is CCCCCCCCCC[N+](CCCCCCCCCC)(CCCCCCCCCC)CCCCCCCCCC.[Br-].[Br-].[NH4+]. The van der Waals surface area contributed by atoms with Crippen LogP contribution >= 0.6 is 0 Å². The average molecular weight is 757 g/mol. The van der Waals surface area contributed by atoms with Gasteiger partial charge in [0.05, 0.1) is 26.2 Å². The minimum absolute atomic E-state index is 0. The van der Waals surface area contributed by atoms with Gasteiger partial charge in [0.2, 0.25) is 0 Å². The molecular weight excluding hydrogens is 668 g/mol. The number of nitrogens with zero attached hydrogens (tertiary/aromatic N) is 1. The molecule has 272 valence electrons. The van der Waals surface area contributed by atoms with Crippen LogP contribution in [0.15, 0.2) is 0 Å². The van der Waals surface area contributed by atoms with E-state index in [-0.39, 0.29) is 40.1 Å². The van der Waals surface area contributed by atoms with Crippen LogP contribution in [0.3, 0.4) is 0 Å². The van der Waals surface area contributed by atoms with Crippen LogP contribution in [0, 0.1) is 0 Å². The maximum absolute atomic E-state index is 2.34. The van der Waals surface area contributed by atoms with Crippen molar-refractivity contribution < 1.29 is 38.4 Å². The molecule has 0 aromatic rings. The van der Waals surface area contributed by atoms with Crippen LogP contribution < -0.4 is 40.1 Å². The molecule has 0 spiro atoms. The van der Waals surface area contributed by atoms with Crippen LogP contribution in [0.5, 0.6) is 0 Å². The lowest BCUT2D eigenvalue weighted by molar-refractivity contribution is -0.929. The number of quaternary nitrogens is 2.